The monoisotopic (exact) mass is 334 g/mol. The number of hydrogen-bond acceptors (Lipinski definition) is 5. The Bertz CT molecular complexity index is 634. The average Bonchev–Trinajstić information content (AvgIpc) is 3.07. The highest BCUT2D eigenvalue weighted by Crippen LogP contribution is 2.20. The zero-order chi connectivity index (χ0) is 16.2. The minimum atomic E-state index is -0.0719. The van der Waals surface area contributed by atoms with Crippen LogP contribution in [0, 0.1) is 13.8 Å². The van der Waals surface area contributed by atoms with Crippen molar-refractivity contribution < 1.29 is 9.32 Å². The topological polar surface area (TPSA) is 61.6 Å². The van der Waals surface area contributed by atoms with Crippen LogP contribution >= 0.6 is 11.3 Å². The Morgan fingerprint density at radius 2 is 2.22 bits per heavy atom. The van der Waals surface area contributed by atoms with Gasteiger partial charge >= 0.3 is 6.03 Å². The van der Waals surface area contributed by atoms with Crippen LogP contribution in [0.2, 0.25) is 0 Å². The fraction of sp³-hybridized carbons (Fsp3) is 0.500. The van der Waals surface area contributed by atoms with Crippen LogP contribution < -0.4 is 5.32 Å². The van der Waals surface area contributed by atoms with E-state index in [1.165, 1.54) is 4.88 Å². The van der Waals surface area contributed by atoms with E-state index in [-0.39, 0.29) is 6.03 Å². The van der Waals surface area contributed by atoms with Gasteiger partial charge in [0.2, 0.25) is 0 Å². The number of aromatic nitrogens is 1. The molecule has 0 spiro atoms. The number of carbonyl (C=O) groups is 1. The van der Waals surface area contributed by atoms with Gasteiger partial charge in [-0.05, 0) is 31.7 Å². The van der Waals surface area contributed by atoms with Gasteiger partial charge in [0.25, 0.3) is 0 Å². The summed E-state index contributed by atoms with van der Waals surface area (Å²) in [6.07, 6.45) is 0.987. The van der Waals surface area contributed by atoms with Gasteiger partial charge in [0, 0.05) is 37.6 Å². The number of amides is 2. The van der Waals surface area contributed by atoms with Crippen molar-refractivity contribution in [2.45, 2.75) is 26.8 Å². The van der Waals surface area contributed by atoms with Gasteiger partial charge < -0.3 is 14.7 Å². The van der Waals surface area contributed by atoms with Crippen molar-refractivity contribution in [1.82, 2.24) is 15.0 Å². The van der Waals surface area contributed by atoms with Crippen molar-refractivity contribution in [2.24, 2.45) is 0 Å². The molecule has 23 heavy (non-hydrogen) atoms. The summed E-state index contributed by atoms with van der Waals surface area (Å²) in [5.74, 6) is 0.644. The second-order valence-corrected chi connectivity index (χ2v) is 6.86. The molecule has 1 fully saturated rings. The molecule has 3 heterocycles. The van der Waals surface area contributed by atoms with E-state index < -0.39 is 0 Å². The third kappa shape index (κ3) is 3.92. The summed E-state index contributed by atoms with van der Waals surface area (Å²) < 4.78 is 5.09. The van der Waals surface area contributed by atoms with Crippen molar-refractivity contribution >= 4 is 23.1 Å². The highest BCUT2D eigenvalue weighted by Gasteiger charge is 2.21. The van der Waals surface area contributed by atoms with Crippen LogP contribution in [-0.2, 0) is 6.54 Å². The Morgan fingerprint density at radius 1 is 1.35 bits per heavy atom. The molecule has 0 radical (unpaired) electrons. The summed E-state index contributed by atoms with van der Waals surface area (Å²) in [6, 6.07) is 4.18. The van der Waals surface area contributed by atoms with Crippen LogP contribution in [0.15, 0.2) is 22.0 Å². The molecule has 0 bridgehead atoms. The maximum Gasteiger partial charge on any atom is 0.322 e. The smallest absolute Gasteiger partial charge is 0.322 e. The van der Waals surface area contributed by atoms with E-state index in [4.69, 9.17) is 4.52 Å². The summed E-state index contributed by atoms with van der Waals surface area (Å²) in [4.78, 5) is 18.1. The van der Waals surface area contributed by atoms with Crippen molar-refractivity contribution in [3.05, 3.63) is 33.8 Å². The van der Waals surface area contributed by atoms with Gasteiger partial charge in [0.1, 0.15) is 11.4 Å². The van der Waals surface area contributed by atoms with Gasteiger partial charge in [-0.2, -0.15) is 0 Å². The minimum Gasteiger partial charge on any atom is -0.359 e. The molecule has 6 nitrogen and oxygen atoms in total. The number of carbonyl (C=O) groups excluding carboxylic acids is 1. The second-order valence-electron chi connectivity index (χ2n) is 5.83. The predicted octanol–water partition coefficient (Wildman–Crippen LogP) is 3.09. The molecule has 2 aromatic heterocycles. The van der Waals surface area contributed by atoms with Gasteiger partial charge in [-0.1, -0.05) is 11.2 Å². The molecule has 2 aromatic rings. The summed E-state index contributed by atoms with van der Waals surface area (Å²) >= 11 is 1.78. The number of nitrogens with one attached hydrogen (secondary N) is 1. The summed E-state index contributed by atoms with van der Waals surface area (Å²) in [5.41, 5.74) is 1.40. The fourth-order valence-corrected chi connectivity index (χ4v) is 3.55. The molecule has 0 atom stereocenters. The zero-order valence-electron chi connectivity index (χ0n) is 13.5. The van der Waals surface area contributed by atoms with E-state index in [1.807, 2.05) is 11.8 Å². The maximum atomic E-state index is 12.5. The maximum absolute atomic E-state index is 12.5. The number of anilines is 1. The van der Waals surface area contributed by atoms with Crippen LogP contribution in [0.5, 0.6) is 0 Å². The van der Waals surface area contributed by atoms with E-state index in [1.54, 1.807) is 18.3 Å². The third-order valence-electron chi connectivity index (χ3n) is 4.10. The molecule has 1 saturated heterocycles. The summed E-state index contributed by atoms with van der Waals surface area (Å²) in [5, 5.41) is 8.91. The Hall–Kier alpha value is -1.86. The van der Waals surface area contributed by atoms with Crippen molar-refractivity contribution in [3.8, 4) is 0 Å². The van der Waals surface area contributed by atoms with Gasteiger partial charge in [-0.15, -0.1) is 11.3 Å². The van der Waals surface area contributed by atoms with Crippen LogP contribution in [0.3, 0.4) is 0 Å². The van der Waals surface area contributed by atoms with E-state index >= 15 is 0 Å². The normalized spacial score (nSPS) is 16.3. The molecule has 0 unspecified atom stereocenters. The van der Waals surface area contributed by atoms with Gasteiger partial charge in [-0.25, -0.2) is 4.79 Å². The number of hydrogen-bond donors (Lipinski definition) is 1. The summed E-state index contributed by atoms with van der Waals surface area (Å²) in [6.45, 7) is 8.03. The molecule has 1 N–H and O–H groups in total. The lowest BCUT2D eigenvalue weighted by Gasteiger charge is -2.22. The first kappa shape index (κ1) is 16.0. The largest absolute Gasteiger partial charge is 0.359 e. The third-order valence-corrected chi connectivity index (χ3v) is 4.96. The van der Waals surface area contributed by atoms with Gasteiger partial charge in [-0.3, -0.25) is 4.90 Å². The van der Waals surface area contributed by atoms with Crippen LogP contribution in [-0.4, -0.2) is 47.2 Å². The lowest BCUT2D eigenvalue weighted by Crippen LogP contribution is -2.38. The molecule has 7 heteroatoms. The zero-order valence-corrected chi connectivity index (χ0v) is 14.4. The van der Waals surface area contributed by atoms with Crippen LogP contribution in [0.25, 0.3) is 0 Å². The number of urea groups is 1. The molecular formula is C16H22N4O2S. The molecule has 3 rings (SSSR count). The first-order valence-corrected chi connectivity index (χ1v) is 8.75. The fourth-order valence-electron chi connectivity index (χ4n) is 2.80. The van der Waals surface area contributed by atoms with Crippen LogP contribution in [0.1, 0.15) is 22.8 Å². The Balaban J connectivity index is 1.56. The number of aryl methyl sites for hydroxylation is 2. The standard InChI is InChI=1S/C16H22N4O2S/c1-12-15(13(2)22-18-12)17-16(21)20-7-4-6-19(8-9-20)11-14-5-3-10-23-14/h3,5,10H,4,6-9,11H2,1-2H3,(H,17,21). The molecule has 0 aliphatic carbocycles. The highest BCUT2D eigenvalue weighted by molar-refractivity contribution is 7.09. The van der Waals surface area contributed by atoms with Gasteiger partial charge in [0.05, 0.1) is 0 Å². The SMILES string of the molecule is Cc1noc(C)c1NC(=O)N1CCCN(Cc2cccs2)CC1. The van der Waals surface area contributed by atoms with E-state index in [0.717, 1.165) is 39.1 Å². The first-order valence-electron chi connectivity index (χ1n) is 7.87. The Kier molecular flexibility index (Phi) is 4.97. The lowest BCUT2D eigenvalue weighted by molar-refractivity contribution is 0.211. The van der Waals surface area contributed by atoms with Gasteiger partial charge in [0.15, 0.2) is 5.76 Å². The number of nitrogens with zero attached hydrogens (tertiary/aromatic N) is 3. The molecule has 2 amide bonds. The van der Waals surface area contributed by atoms with Crippen molar-refractivity contribution in [2.75, 3.05) is 31.5 Å². The molecule has 124 valence electrons. The highest BCUT2D eigenvalue weighted by atomic mass is 32.1. The van der Waals surface area contributed by atoms with Crippen molar-refractivity contribution in [3.63, 3.8) is 0 Å². The van der Waals surface area contributed by atoms with E-state index in [0.29, 0.717) is 17.1 Å². The number of rotatable bonds is 3. The molecule has 0 aromatic carbocycles. The van der Waals surface area contributed by atoms with Crippen LogP contribution in [0.4, 0.5) is 10.5 Å². The Morgan fingerprint density at radius 3 is 2.91 bits per heavy atom. The Labute approximate surface area is 140 Å². The lowest BCUT2D eigenvalue weighted by atomic mass is 10.3. The summed E-state index contributed by atoms with van der Waals surface area (Å²) in [7, 11) is 0. The predicted molar refractivity (Wildman–Crippen MR) is 90.8 cm³/mol. The first-order chi connectivity index (χ1) is 11.1. The molecule has 1 aliphatic rings. The van der Waals surface area contributed by atoms with Crippen molar-refractivity contribution in [1.29, 1.82) is 0 Å². The minimum absolute atomic E-state index is 0.0719. The van der Waals surface area contributed by atoms with E-state index in [9.17, 15) is 4.79 Å². The molecule has 1 aliphatic heterocycles. The second kappa shape index (κ2) is 7.14. The molecule has 0 saturated carbocycles. The number of thiophene rings is 1. The molecular weight excluding hydrogens is 312 g/mol. The average molecular weight is 334 g/mol. The van der Waals surface area contributed by atoms with E-state index in [2.05, 4.69) is 32.9 Å². The quantitative estimate of drug-likeness (QED) is 0.937.